The van der Waals surface area contributed by atoms with Crippen molar-refractivity contribution in [2.24, 2.45) is 5.41 Å². The lowest BCUT2D eigenvalue weighted by atomic mass is 9.74. The molecule has 1 saturated carbocycles. The van der Waals surface area contributed by atoms with Crippen molar-refractivity contribution in [2.75, 3.05) is 18.5 Å². The molecule has 4 heteroatoms. The molecular formula is C14H19F2NO. The quantitative estimate of drug-likeness (QED) is 0.865. The van der Waals surface area contributed by atoms with Crippen LogP contribution in [0.4, 0.5) is 14.5 Å². The first-order valence-corrected chi connectivity index (χ1v) is 6.45. The Kier molecular flexibility index (Phi) is 4.17. The van der Waals surface area contributed by atoms with Gasteiger partial charge in [-0.15, -0.1) is 0 Å². The molecule has 1 aromatic carbocycles. The summed E-state index contributed by atoms with van der Waals surface area (Å²) in [5.41, 5.74) is 0.147. The number of aliphatic hydroxyl groups is 1. The average Bonchev–Trinajstić information content (AvgIpc) is 2.39. The maximum Gasteiger partial charge on any atom is 0.149 e. The molecule has 0 spiro atoms. The molecule has 2 rings (SSSR count). The molecule has 0 unspecified atom stereocenters. The number of aliphatic hydroxyl groups excluding tert-OH is 1. The molecule has 0 aromatic heterocycles. The first-order chi connectivity index (χ1) is 8.65. The molecule has 2 nitrogen and oxygen atoms in total. The van der Waals surface area contributed by atoms with Gasteiger partial charge in [-0.3, -0.25) is 0 Å². The van der Waals surface area contributed by atoms with Crippen LogP contribution in [0.3, 0.4) is 0 Å². The van der Waals surface area contributed by atoms with Gasteiger partial charge in [-0.25, -0.2) is 8.78 Å². The number of hydrogen-bond donors (Lipinski definition) is 2. The predicted molar refractivity (Wildman–Crippen MR) is 67.5 cm³/mol. The second kappa shape index (κ2) is 5.65. The van der Waals surface area contributed by atoms with Crippen LogP contribution in [0.1, 0.15) is 32.1 Å². The third kappa shape index (κ3) is 2.99. The second-order valence-corrected chi connectivity index (χ2v) is 5.20. The molecule has 0 saturated heterocycles. The zero-order valence-electron chi connectivity index (χ0n) is 10.4. The lowest BCUT2D eigenvalue weighted by molar-refractivity contribution is 0.0943. The van der Waals surface area contributed by atoms with Crippen LogP contribution in [0.25, 0.3) is 0 Å². The van der Waals surface area contributed by atoms with Gasteiger partial charge in [-0.2, -0.15) is 0 Å². The monoisotopic (exact) mass is 255 g/mol. The molecule has 0 aliphatic heterocycles. The highest BCUT2D eigenvalue weighted by Crippen LogP contribution is 2.36. The Morgan fingerprint density at radius 2 is 1.89 bits per heavy atom. The van der Waals surface area contributed by atoms with Gasteiger partial charge >= 0.3 is 0 Å². The Bertz CT molecular complexity index is 403. The SMILES string of the molecule is OCC1(CNc2ccc(F)cc2F)CCCCC1. The molecule has 0 amide bonds. The summed E-state index contributed by atoms with van der Waals surface area (Å²) < 4.78 is 26.2. The first-order valence-electron chi connectivity index (χ1n) is 6.45. The minimum absolute atomic E-state index is 0.114. The minimum Gasteiger partial charge on any atom is -0.396 e. The molecule has 100 valence electrons. The Balaban J connectivity index is 2.01. The zero-order valence-corrected chi connectivity index (χ0v) is 10.4. The van der Waals surface area contributed by atoms with Gasteiger partial charge in [0.15, 0.2) is 0 Å². The highest BCUT2D eigenvalue weighted by molar-refractivity contribution is 5.44. The molecule has 18 heavy (non-hydrogen) atoms. The molecule has 0 atom stereocenters. The fraction of sp³-hybridized carbons (Fsp3) is 0.571. The van der Waals surface area contributed by atoms with Crippen LogP contribution in [-0.4, -0.2) is 18.3 Å². The number of nitrogens with one attached hydrogen (secondary N) is 1. The maximum atomic E-state index is 13.5. The first kappa shape index (κ1) is 13.3. The van der Waals surface area contributed by atoms with Crippen molar-refractivity contribution in [2.45, 2.75) is 32.1 Å². The Hall–Kier alpha value is -1.16. The van der Waals surface area contributed by atoms with Gasteiger partial charge in [-0.05, 0) is 25.0 Å². The van der Waals surface area contributed by atoms with Crippen LogP contribution in [0.5, 0.6) is 0 Å². The van der Waals surface area contributed by atoms with Gasteiger partial charge < -0.3 is 10.4 Å². The van der Waals surface area contributed by atoms with E-state index in [4.69, 9.17) is 0 Å². The van der Waals surface area contributed by atoms with Crippen LogP contribution in [0.15, 0.2) is 18.2 Å². The fourth-order valence-corrected chi connectivity index (χ4v) is 2.61. The smallest absolute Gasteiger partial charge is 0.149 e. The van der Waals surface area contributed by atoms with Crippen molar-refractivity contribution in [1.29, 1.82) is 0 Å². The van der Waals surface area contributed by atoms with E-state index >= 15 is 0 Å². The summed E-state index contributed by atoms with van der Waals surface area (Å²) in [7, 11) is 0. The summed E-state index contributed by atoms with van der Waals surface area (Å²) in [5, 5.41) is 12.5. The molecule has 1 fully saturated rings. The van der Waals surface area contributed by atoms with E-state index < -0.39 is 11.6 Å². The van der Waals surface area contributed by atoms with E-state index in [1.54, 1.807) is 0 Å². The van der Waals surface area contributed by atoms with Crippen LogP contribution < -0.4 is 5.32 Å². The summed E-state index contributed by atoms with van der Waals surface area (Å²) in [6.45, 7) is 0.648. The van der Waals surface area contributed by atoms with Crippen molar-refractivity contribution in [3.8, 4) is 0 Å². The van der Waals surface area contributed by atoms with Gasteiger partial charge in [0.2, 0.25) is 0 Å². The molecule has 1 aliphatic rings. The number of halogens is 2. The minimum atomic E-state index is -0.584. The van der Waals surface area contributed by atoms with Crippen molar-refractivity contribution in [3.63, 3.8) is 0 Å². The lowest BCUT2D eigenvalue weighted by Gasteiger charge is -2.36. The Labute approximate surface area is 106 Å². The van der Waals surface area contributed by atoms with Crippen molar-refractivity contribution in [1.82, 2.24) is 0 Å². The predicted octanol–water partition coefficient (Wildman–Crippen LogP) is 3.32. The molecule has 0 bridgehead atoms. The van der Waals surface area contributed by atoms with Crippen molar-refractivity contribution < 1.29 is 13.9 Å². The molecule has 0 radical (unpaired) electrons. The molecule has 0 heterocycles. The van der Waals surface area contributed by atoms with Crippen LogP contribution in [0, 0.1) is 17.0 Å². The van der Waals surface area contributed by atoms with Gasteiger partial charge in [0, 0.05) is 18.0 Å². The zero-order chi connectivity index (χ0) is 13.0. The summed E-state index contributed by atoms with van der Waals surface area (Å²) >= 11 is 0. The number of rotatable bonds is 4. The standard InChI is InChI=1S/C14H19F2NO/c15-11-4-5-13(12(16)8-11)17-9-14(10-18)6-2-1-3-7-14/h4-5,8,17-18H,1-3,6-7,9-10H2. The van der Waals surface area contributed by atoms with Crippen LogP contribution >= 0.6 is 0 Å². The fourth-order valence-electron chi connectivity index (χ4n) is 2.61. The molecule has 2 N–H and O–H groups in total. The highest BCUT2D eigenvalue weighted by Gasteiger charge is 2.31. The van der Waals surface area contributed by atoms with E-state index in [1.165, 1.54) is 18.6 Å². The van der Waals surface area contributed by atoms with E-state index in [9.17, 15) is 13.9 Å². The molecule has 1 aromatic rings. The van der Waals surface area contributed by atoms with E-state index in [0.29, 0.717) is 12.2 Å². The van der Waals surface area contributed by atoms with E-state index in [2.05, 4.69) is 5.32 Å². The van der Waals surface area contributed by atoms with Crippen LogP contribution in [-0.2, 0) is 0 Å². The summed E-state index contributed by atoms with van der Waals surface area (Å²) in [6, 6.07) is 3.51. The Morgan fingerprint density at radius 3 is 2.50 bits per heavy atom. The lowest BCUT2D eigenvalue weighted by Crippen LogP contribution is -2.35. The maximum absolute atomic E-state index is 13.5. The van der Waals surface area contributed by atoms with Crippen LogP contribution in [0.2, 0.25) is 0 Å². The van der Waals surface area contributed by atoms with Crippen molar-refractivity contribution >= 4 is 5.69 Å². The topological polar surface area (TPSA) is 32.3 Å². The van der Waals surface area contributed by atoms with E-state index in [0.717, 1.165) is 31.7 Å². The van der Waals surface area contributed by atoms with Crippen molar-refractivity contribution in [3.05, 3.63) is 29.8 Å². The molecule has 1 aliphatic carbocycles. The Morgan fingerprint density at radius 1 is 1.17 bits per heavy atom. The van der Waals surface area contributed by atoms with Gasteiger partial charge in [0.05, 0.1) is 12.3 Å². The van der Waals surface area contributed by atoms with Gasteiger partial charge in [0.25, 0.3) is 0 Å². The largest absolute Gasteiger partial charge is 0.396 e. The number of anilines is 1. The van der Waals surface area contributed by atoms with Gasteiger partial charge in [0.1, 0.15) is 11.6 Å². The van der Waals surface area contributed by atoms with Gasteiger partial charge in [-0.1, -0.05) is 19.3 Å². The number of benzene rings is 1. The van der Waals surface area contributed by atoms with E-state index in [-0.39, 0.29) is 12.0 Å². The summed E-state index contributed by atoms with van der Waals surface area (Å²) in [4.78, 5) is 0. The van der Waals surface area contributed by atoms with E-state index in [1.807, 2.05) is 0 Å². The summed E-state index contributed by atoms with van der Waals surface area (Å²) in [6.07, 6.45) is 5.33. The average molecular weight is 255 g/mol. The molecular weight excluding hydrogens is 236 g/mol. The third-order valence-corrected chi connectivity index (χ3v) is 3.83. The third-order valence-electron chi connectivity index (χ3n) is 3.83. The highest BCUT2D eigenvalue weighted by atomic mass is 19.1. The number of hydrogen-bond acceptors (Lipinski definition) is 2. The second-order valence-electron chi connectivity index (χ2n) is 5.20. The normalized spacial score (nSPS) is 18.6. The summed E-state index contributed by atoms with van der Waals surface area (Å²) in [5.74, 6) is -1.16.